The summed E-state index contributed by atoms with van der Waals surface area (Å²) in [5, 5.41) is 10.3. The molecular formula is C17H19NO4. The van der Waals surface area contributed by atoms with E-state index in [1.807, 2.05) is 26.8 Å². The molecule has 1 N–H and O–H groups in total. The molecule has 2 aromatic rings. The Kier molecular flexibility index (Phi) is 3.06. The first-order chi connectivity index (χ1) is 10.2. The zero-order valence-corrected chi connectivity index (χ0v) is 12.9. The molecule has 0 unspecified atom stereocenters. The molecular weight excluding hydrogens is 282 g/mol. The van der Waals surface area contributed by atoms with E-state index in [9.17, 15) is 14.7 Å². The topological polar surface area (TPSA) is 68.5 Å². The van der Waals surface area contributed by atoms with Crippen LogP contribution in [0.4, 0.5) is 4.79 Å². The standard InChI is InChI=1S/C17H19NO4/c1-16(2,3)22-15(21)18-10-7-11-12(5-4-6-13(11)18)17(8-9-17)14(19)20/h4-7,10H,8-9H2,1-3H3,(H,19,20). The number of benzene rings is 1. The predicted octanol–water partition coefficient (Wildman–Crippen LogP) is 3.54. The van der Waals surface area contributed by atoms with Crippen LogP contribution in [0.3, 0.4) is 0 Å². The summed E-state index contributed by atoms with van der Waals surface area (Å²) in [5.41, 5.74) is 0.0861. The van der Waals surface area contributed by atoms with Gasteiger partial charge in [-0.25, -0.2) is 4.79 Å². The summed E-state index contributed by atoms with van der Waals surface area (Å²) in [6.45, 7) is 5.43. The number of carbonyl (C=O) groups excluding carboxylic acids is 1. The molecule has 1 aromatic carbocycles. The number of fused-ring (bicyclic) bond motifs is 1. The number of rotatable bonds is 2. The summed E-state index contributed by atoms with van der Waals surface area (Å²) in [6, 6.07) is 7.22. The number of aromatic nitrogens is 1. The van der Waals surface area contributed by atoms with Gasteiger partial charge in [0.05, 0.1) is 10.9 Å². The molecule has 0 atom stereocenters. The Morgan fingerprint density at radius 3 is 2.45 bits per heavy atom. The van der Waals surface area contributed by atoms with Crippen LogP contribution in [0.15, 0.2) is 30.5 Å². The summed E-state index contributed by atoms with van der Waals surface area (Å²) in [4.78, 5) is 23.8. The Hall–Kier alpha value is -2.30. The maximum atomic E-state index is 12.3. The highest BCUT2D eigenvalue weighted by molar-refractivity contribution is 5.97. The predicted molar refractivity (Wildman–Crippen MR) is 82.1 cm³/mol. The van der Waals surface area contributed by atoms with E-state index in [0.29, 0.717) is 18.4 Å². The van der Waals surface area contributed by atoms with Gasteiger partial charge >= 0.3 is 12.1 Å². The Morgan fingerprint density at radius 2 is 1.91 bits per heavy atom. The summed E-state index contributed by atoms with van der Waals surface area (Å²) in [7, 11) is 0. The maximum Gasteiger partial charge on any atom is 0.418 e. The molecule has 0 bridgehead atoms. The van der Waals surface area contributed by atoms with Gasteiger partial charge < -0.3 is 9.84 Å². The van der Waals surface area contributed by atoms with Crippen molar-refractivity contribution in [1.82, 2.24) is 4.57 Å². The highest BCUT2D eigenvalue weighted by Gasteiger charge is 2.52. The second kappa shape index (κ2) is 4.60. The molecule has 5 heteroatoms. The molecule has 0 aliphatic heterocycles. The lowest BCUT2D eigenvalue weighted by Crippen LogP contribution is -2.26. The van der Waals surface area contributed by atoms with Crippen LogP contribution in [-0.4, -0.2) is 27.3 Å². The van der Waals surface area contributed by atoms with Crippen molar-refractivity contribution in [1.29, 1.82) is 0 Å². The van der Waals surface area contributed by atoms with Gasteiger partial charge in [0.25, 0.3) is 0 Å². The minimum absolute atomic E-state index is 0.458. The van der Waals surface area contributed by atoms with Crippen LogP contribution >= 0.6 is 0 Å². The van der Waals surface area contributed by atoms with Crippen molar-refractivity contribution in [3.8, 4) is 0 Å². The third-order valence-electron chi connectivity index (χ3n) is 4.00. The SMILES string of the molecule is CC(C)(C)OC(=O)n1ccc2c(C3(C(=O)O)CC3)cccc21. The van der Waals surface area contributed by atoms with E-state index < -0.39 is 23.1 Å². The van der Waals surface area contributed by atoms with Gasteiger partial charge in [0, 0.05) is 11.6 Å². The average Bonchev–Trinajstić information content (AvgIpc) is 3.09. The van der Waals surface area contributed by atoms with Gasteiger partial charge in [0.15, 0.2) is 0 Å². The Bertz CT molecular complexity index is 763. The fraction of sp³-hybridized carbons (Fsp3) is 0.412. The van der Waals surface area contributed by atoms with Gasteiger partial charge in [-0.3, -0.25) is 9.36 Å². The second-order valence-electron chi connectivity index (χ2n) is 6.79. The summed E-state index contributed by atoms with van der Waals surface area (Å²) in [5.74, 6) is -0.801. The second-order valence-corrected chi connectivity index (χ2v) is 6.79. The van der Waals surface area contributed by atoms with Crippen molar-refractivity contribution in [2.24, 2.45) is 0 Å². The first kappa shape index (κ1) is 14.6. The van der Waals surface area contributed by atoms with E-state index >= 15 is 0 Å². The van der Waals surface area contributed by atoms with Gasteiger partial charge in [0.1, 0.15) is 5.60 Å². The van der Waals surface area contributed by atoms with E-state index in [0.717, 1.165) is 10.9 Å². The minimum atomic E-state index is -0.801. The number of ether oxygens (including phenoxy) is 1. The van der Waals surface area contributed by atoms with Crippen LogP contribution in [0.2, 0.25) is 0 Å². The summed E-state index contributed by atoms with van der Waals surface area (Å²) < 4.78 is 6.82. The molecule has 1 aliphatic rings. The average molecular weight is 301 g/mol. The van der Waals surface area contributed by atoms with E-state index in [1.54, 1.807) is 24.4 Å². The molecule has 1 fully saturated rings. The maximum absolute atomic E-state index is 12.3. The minimum Gasteiger partial charge on any atom is -0.481 e. The van der Waals surface area contributed by atoms with E-state index in [-0.39, 0.29) is 0 Å². The monoisotopic (exact) mass is 301 g/mol. The van der Waals surface area contributed by atoms with Crippen molar-refractivity contribution < 1.29 is 19.4 Å². The van der Waals surface area contributed by atoms with Gasteiger partial charge in [-0.15, -0.1) is 0 Å². The van der Waals surface area contributed by atoms with Crippen molar-refractivity contribution in [3.63, 3.8) is 0 Å². The van der Waals surface area contributed by atoms with Gasteiger partial charge in [0.2, 0.25) is 0 Å². The first-order valence-corrected chi connectivity index (χ1v) is 7.32. The summed E-state index contributed by atoms with van der Waals surface area (Å²) >= 11 is 0. The Labute approximate surface area is 128 Å². The van der Waals surface area contributed by atoms with Crippen LogP contribution in [-0.2, 0) is 14.9 Å². The summed E-state index contributed by atoms with van der Waals surface area (Å²) in [6.07, 6.45) is 2.46. The number of carboxylic acid groups (broad SMARTS) is 1. The third-order valence-corrected chi connectivity index (χ3v) is 4.00. The molecule has 3 rings (SSSR count). The normalized spacial score (nSPS) is 16.5. The zero-order chi connectivity index (χ0) is 16.1. The number of nitrogens with zero attached hydrogens (tertiary/aromatic N) is 1. The first-order valence-electron chi connectivity index (χ1n) is 7.32. The van der Waals surface area contributed by atoms with Crippen molar-refractivity contribution >= 4 is 23.0 Å². The van der Waals surface area contributed by atoms with Crippen LogP contribution < -0.4 is 0 Å². The smallest absolute Gasteiger partial charge is 0.418 e. The molecule has 0 amide bonds. The highest BCUT2D eigenvalue weighted by atomic mass is 16.6. The lowest BCUT2D eigenvalue weighted by atomic mass is 9.93. The fourth-order valence-electron chi connectivity index (χ4n) is 2.78. The van der Waals surface area contributed by atoms with Gasteiger partial charge in [-0.2, -0.15) is 0 Å². The molecule has 1 heterocycles. The lowest BCUT2D eigenvalue weighted by Gasteiger charge is -2.20. The van der Waals surface area contributed by atoms with Crippen molar-refractivity contribution in [2.75, 3.05) is 0 Å². The van der Waals surface area contributed by atoms with Crippen LogP contribution in [0, 0.1) is 0 Å². The Balaban J connectivity index is 2.07. The molecule has 1 aromatic heterocycles. The number of carboxylic acids is 1. The molecule has 0 saturated heterocycles. The number of hydrogen-bond donors (Lipinski definition) is 1. The van der Waals surface area contributed by atoms with Crippen molar-refractivity contribution in [3.05, 3.63) is 36.0 Å². The quantitative estimate of drug-likeness (QED) is 0.921. The molecule has 5 nitrogen and oxygen atoms in total. The number of carbonyl (C=O) groups is 2. The van der Waals surface area contributed by atoms with Crippen LogP contribution in [0.1, 0.15) is 39.2 Å². The number of hydrogen-bond acceptors (Lipinski definition) is 3. The van der Waals surface area contributed by atoms with E-state index in [1.165, 1.54) is 4.57 Å². The van der Waals surface area contributed by atoms with E-state index in [4.69, 9.17) is 4.74 Å². The molecule has 1 saturated carbocycles. The van der Waals surface area contributed by atoms with Gasteiger partial charge in [-0.05, 0) is 51.3 Å². The molecule has 22 heavy (non-hydrogen) atoms. The Morgan fingerprint density at radius 1 is 1.23 bits per heavy atom. The van der Waals surface area contributed by atoms with E-state index in [2.05, 4.69) is 0 Å². The lowest BCUT2D eigenvalue weighted by molar-refractivity contribution is -0.140. The van der Waals surface area contributed by atoms with Crippen molar-refractivity contribution in [2.45, 2.75) is 44.6 Å². The molecule has 0 radical (unpaired) electrons. The largest absolute Gasteiger partial charge is 0.481 e. The molecule has 0 spiro atoms. The fourth-order valence-corrected chi connectivity index (χ4v) is 2.78. The van der Waals surface area contributed by atoms with Crippen LogP contribution in [0.5, 0.6) is 0 Å². The highest BCUT2D eigenvalue weighted by Crippen LogP contribution is 2.50. The molecule has 1 aliphatic carbocycles. The zero-order valence-electron chi connectivity index (χ0n) is 12.9. The third kappa shape index (κ3) is 2.26. The van der Waals surface area contributed by atoms with Gasteiger partial charge in [-0.1, -0.05) is 12.1 Å². The van der Waals surface area contributed by atoms with Crippen LogP contribution in [0.25, 0.3) is 10.9 Å². The molecule has 116 valence electrons. The number of aliphatic carboxylic acids is 1.